The molecule has 174 valence electrons. The number of hydrogen-bond donors (Lipinski definition) is 3. The van der Waals surface area contributed by atoms with Crippen LogP contribution in [0.25, 0.3) is 0 Å². The minimum Gasteiger partial charge on any atom is -0.508 e. The average Bonchev–Trinajstić information content (AvgIpc) is 2.84. The van der Waals surface area contributed by atoms with Crippen molar-refractivity contribution in [3.63, 3.8) is 0 Å². The zero-order valence-corrected chi connectivity index (χ0v) is 19.9. The highest BCUT2D eigenvalue weighted by Crippen LogP contribution is 2.41. The van der Waals surface area contributed by atoms with Crippen LogP contribution in [0.4, 0.5) is 0 Å². The molecule has 1 aliphatic rings. The van der Waals surface area contributed by atoms with E-state index in [1.54, 1.807) is 12.1 Å². The fourth-order valence-corrected chi connectivity index (χ4v) is 5.17. The summed E-state index contributed by atoms with van der Waals surface area (Å²) in [6.07, 6.45) is 8.79. The molecule has 1 fully saturated rings. The number of aryl methyl sites for hydroxylation is 2. The Kier molecular flexibility index (Phi) is 7.27. The van der Waals surface area contributed by atoms with E-state index in [4.69, 9.17) is 0 Å². The fourth-order valence-electron chi connectivity index (χ4n) is 5.17. The molecule has 0 heterocycles. The van der Waals surface area contributed by atoms with E-state index in [1.807, 2.05) is 18.2 Å². The zero-order valence-electron chi connectivity index (χ0n) is 19.9. The first-order valence-electron chi connectivity index (χ1n) is 12.4. The van der Waals surface area contributed by atoms with E-state index in [1.165, 1.54) is 30.4 Å². The number of benzene rings is 3. The van der Waals surface area contributed by atoms with Crippen molar-refractivity contribution in [3.8, 4) is 17.2 Å². The van der Waals surface area contributed by atoms with Crippen LogP contribution < -0.4 is 0 Å². The first-order valence-corrected chi connectivity index (χ1v) is 12.4. The maximum Gasteiger partial charge on any atom is 0.122 e. The summed E-state index contributed by atoms with van der Waals surface area (Å²) in [4.78, 5) is 0. The van der Waals surface area contributed by atoms with Crippen molar-refractivity contribution < 1.29 is 15.3 Å². The first kappa shape index (κ1) is 23.2. The predicted octanol–water partition coefficient (Wildman–Crippen LogP) is 7.16. The Balaban J connectivity index is 1.75. The molecular weight excluding hydrogens is 408 g/mol. The smallest absolute Gasteiger partial charge is 0.122 e. The maximum absolute atomic E-state index is 11.3. The lowest BCUT2D eigenvalue weighted by Crippen LogP contribution is -2.07. The van der Waals surface area contributed by atoms with E-state index in [-0.39, 0.29) is 5.75 Å². The van der Waals surface area contributed by atoms with Gasteiger partial charge in [0.1, 0.15) is 17.2 Å². The van der Waals surface area contributed by atoms with Gasteiger partial charge in [-0.2, -0.15) is 0 Å². The highest BCUT2D eigenvalue weighted by Gasteiger charge is 2.22. The van der Waals surface area contributed by atoms with Crippen molar-refractivity contribution in [3.05, 3.63) is 87.5 Å². The second kappa shape index (κ2) is 10.3. The molecule has 3 aromatic carbocycles. The van der Waals surface area contributed by atoms with Crippen LogP contribution in [0.3, 0.4) is 0 Å². The minimum atomic E-state index is 0.268. The number of phenols is 3. The molecule has 0 aliphatic heterocycles. The molecule has 1 saturated carbocycles. The quantitative estimate of drug-likeness (QED) is 0.362. The molecule has 0 atom stereocenters. The van der Waals surface area contributed by atoms with Gasteiger partial charge in [-0.15, -0.1) is 0 Å². The highest BCUT2D eigenvalue weighted by molar-refractivity contribution is 5.51. The van der Waals surface area contributed by atoms with Gasteiger partial charge < -0.3 is 15.3 Å². The van der Waals surface area contributed by atoms with Crippen LogP contribution in [0.2, 0.25) is 0 Å². The van der Waals surface area contributed by atoms with E-state index >= 15 is 0 Å². The third-order valence-corrected chi connectivity index (χ3v) is 7.20. The molecule has 3 aromatic rings. The van der Waals surface area contributed by atoms with Gasteiger partial charge in [0.15, 0.2) is 0 Å². The predicted molar refractivity (Wildman–Crippen MR) is 135 cm³/mol. The molecule has 4 rings (SSSR count). The van der Waals surface area contributed by atoms with Crippen LogP contribution in [0, 0.1) is 0 Å². The maximum atomic E-state index is 11.3. The molecular formula is C30H36O3. The first-order chi connectivity index (χ1) is 16.0. The summed E-state index contributed by atoms with van der Waals surface area (Å²) in [5.41, 5.74) is 7.10. The molecule has 0 bridgehead atoms. The molecule has 33 heavy (non-hydrogen) atoms. The van der Waals surface area contributed by atoms with Crippen LogP contribution in [0.1, 0.15) is 90.8 Å². The van der Waals surface area contributed by atoms with Gasteiger partial charge >= 0.3 is 0 Å². The summed E-state index contributed by atoms with van der Waals surface area (Å²) in [6.45, 7) is 4.22. The van der Waals surface area contributed by atoms with Gasteiger partial charge in [-0.3, -0.25) is 0 Å². The summed E-state index contributed by atoms with van der Waals surface area (Å²) in [6, 6.07) is 15.8. The molecule has 3 N–H and O–H groups in total. The van der Waals surface area contributed by atoms with Crippen molar-refractivity contribution in [2.24, 2.45) is 0 Å². The molecule has 0 unspecified atom stereocenters. The third kappa shape index (κ3) is 5.35. The summed E-state index contributed by atoms with van der Waals surface area (Å²) < 4.78 is 0. The van der Waals surface area contributed by atoms with Crippen LogP contribution >= 0.6 is 0 Å². The number of phenolic OH excluding ortho intramolecular Hbond substituents is 3. The lowest BCUT2D eigenvalue weighted by atomic mass is 9.81. The van der Waals surface area contributed by atoms with Gasteiger partial charge in [-0.1, -0.05) is 69.5 Å². The van der Waals surface area contributed by atoms with Crippen LogP contribution in [0.15, 0.2) is 48.5 Å². The second-order valence-corrected chi connectivity index (χ2v) is 9.51. The van der Waals surface area contributed by atoms with Crippen molar-refractivity contribution >= 4 is 0 Å². The Bertz CT molecular complexity index is 1110. The monoisotopic (exact) mass is 444 g/mol. The molecule has 1 aliphatic carbocycles. The normalized spacial score (nSPS) is 14.5. The molecule has 3 heteroatoms. The lowest BCUT2D eigenvalue weighted by molar-refractivity contribution is 0.411. The Morgan fingerprint density at radius 2 is 1.18 bits per heavy atom. The Hall–Kier alpha value is -2.94. The Morgan fingerprint density at radius 3 is 1.76 bits per heavy atom. The van der Waals surface area contributed by atoms with Gasteiger partial charge in [0.2, 0.25) is 0 Å². The van der Waals surface area contributed by atoms with E-state index < -0.39 is 0 Å². The van der Waals surface area contributed by atoms with Crippen molar-refractivity contribution in [1.29, 1.82) is 0 Å². The standard InChI is InChI=1S/C30H36O3/c1-3-20-10-12-28(31)24(14-20)16-22-17-26(19-25-15-21(4-2)11-13-29(25)32)30(33)27(18-22)23-8-6-5-7-9-23/h10-15,17-18,23,31-33H,3-9,16,19H2,1-2H3. The highest BCUT2D eigenvalue weighted by atomic mass is 16.3. The molecule has 0 radical (unpaired) electrons. The van der Waals surface area contributed by atoms with Gasteiger partial charge in [0.25, 0.3) is 0 Å². The second-order valence-electron chi connectivity index (χ2n) is 9.51. The molecule has 3 nitrogen and oxygen atoms in total. The number of rotatable bonds is 7. The van der Waals surface area contributed by atoms with E-state index in [0.717, 1.165) is 53.5 Å². The summed E-state index contributed by atoms with van der Waals surface area (Å²) >= 11 is 0. The SMILES string of the molecule is CCc1ccc(O)c(Cc2cc(Cc3cc(CC)ccc3O)c(O)c(C3CCCCC3)c2)c1. The minimum absolute atomic E-state index is 0.268. The van der Waals surface area contributed by atoms with Gasteiger partial charge in [-0.25, -0.2) is 0 Å². The van der Waals surface area contributed by atoms with Gasteiger partial charge in [0.05, 0.1) is 0 Å². The summed E-state index contributed by atoms with van der Waals surface area (Å²) in [5.74, 6) is 1.32. The largest absolute Gasteiger partial charge is 0.508 e. The van der Waals surface area contributed by atoms with Crippen molar-refractivity contribution in [1.82, 2.24) is 0 Å². The molecule has 0 saturated heterocycles. The summed E-state index contributed by atoms with van der Waals surface area (Å²) in [7, 11) is 0. The number of aromatic hydroxyl groups is 3. The van der Waals surface area contributed by atoms with Crippen LogP contribution in [-0.2, 0) is 25.7 Å². The lowest BCUT2D eigenvalue weighted by Gasteiger charge is -2.25. The Morgan fingerprint density at radius 1 is 0.636 bits per heavy atom. The topological polar surface area (TPSA) is 60.7 Å². The van der Waals surface area contributed by atoms with Crippen molar-refractivity contribution in [2.45, 2.75) is 77.6 Å². The molecule has 0 amide bonds. The number of hydrogen-bond acceptors (Lipinski definition) is 3. The third-order valence-electron chi connectivity index (χ3n) is 7.20. The van der Waals surface area contributed by atoms with Gasteiger partial charge in [-0.05, 0) is 82.7 Å². The summed E-state index contributed by atoms with van der Waals surface area (Å²) in [5, 5.41) is 32.3. The molecule has 0 spiro atoms. The van der Waals surface area contributed by atoms with E-state index in [2.05, 4.69) is 32.0 Å². The van der Waals surface area contributed by atoms with E-state index in [0.29, 0.717) is 30.3 Å². The molecule has 0 aromatic heterocycles. The zero-order chi connectivity index (χ0) is 23.4. The average molecular weight is 445 g/mol. The van der Waals surface area contributed by atoms with Crippen molar-refractivity contribution in [2.75, 3.05) is 0 Å². The van der Waals surface area contributed by atoms with E-state index in [9.17, 15) is 15.3 Å². The van der Waals surface area contributed by atoms with Gasteiger partial charge in [0, 0.05) is 12.8 Å². The fraction of sp³-hybridized carbons (Fsp3) is 0.400. The Labute approximate surface area is 197 Å². The van der Waals surface area contributed by atoms with Crippen LogP contribution in [-0.4, -0.2) is 15.3 Å². The van der Waals surface area contributed by atoms with Crippen LogP contribution in [0.5, 0.6) is 17.2 Å².